The molecule has 0 aliphatic heterocycles. The molecule has 0 atom stereocenters. The first kappa shape index (κ1) is 19.6. The van der Waals surface area contributed by atoms with Crippen molar-refractivity contribution in [1.29, 1.82) is 0 Å². The van der Waals surface area contributed by atoms with Gasteiger partial charge in [0.05, 0.1) is 10.5 Å². The average molecular weight is 420 g/mol. The third-order valence-corrected chi connectivity index (χ3v) is 5.47. The first-order valence-electron chi connectivity index (χ1n) is 8.89. The van der Waals surface area contributed by atoms with Crippen LogP contribution in [-0.4, -0.2) is 14.3 Å². The predicted molar refractivity (Wildman–Crippen MR) is 114 cm³/mol. The number of hydrogen-bond donors (Lipinski definition) is 2. The molecule has 0 fully saturated rings. The van der Waals surface area contributed by atoms with Gasteiger partial charge in [-0.1, -0.05) is 30.3 Å². The number of para-hydroxylation sites is 1. The molecule has 1 heterocycles. The van der Waals surface area contributed by atoms with Gasteiger partial charge in [0.2, 0.25) is 10.0 Å². The Morgan fingerprint density at radius 2 is 1.57 bits per heavy atom. The van der Waals surface area contributed by atoms with E-state index in [0.717, 1.165) is 5.39 Å². The topological polar surface area (TPSA) is 119 Å². The fourth-order valence-electron chi connectivity index (χ4n) is 3.00. The van der Waals surface area contributed by atoms with Crippen LogP contribution in [-0.2, 0) is 10.0 Å². The highest BCUT2D eigenvalue weighted by molar-refractivity contribution is 7.89. The van der Waals surface area contributed by atoms with Crippen molar-refractivity contribution in [2.75, 3.05) is 5.32 Å². The van der Waals surface area contributed by atoms with Crippen LogP contribution in [0.1, 0.15) is 10.4 Å². The molecule has 1 amide bonds. The number of benzene rings is 3. The molecule has 150 valence electrons. The van der Waals surface area contributed by atoms with Crippen molar-refractivity contribution in [2.45, 2.75) is 4.90 Å². The Morgan fingerprint density at radius 1 is 0.900 bits per heavy atom. The number of sulfonamides is 1. The van der Waals surface area contributed by atoms with Gasteiger partial charge in [0.15, 0.2) is 0 Å². The van der Waals surface area contributed by atoms with E-state index in [2.05, 4.69) is 5.32 Å². The number of primary sulfonamides is 1. The van der Waals surface area contributed by atoms with Crippen LogP contribution in [0.2, 0.25) is 0 Å². The van der Waals surface area contributed by atoms with Gasteiger partial charge >= 0.3 is 5.63 Å². The van der Waals surface area contributed by atoms with Gasteiger partial charge in [0.1, 0.15) is 5.58 Å². The van der Waals surface area contributed by atoms with E-state index in [1.807, 2.05) is 12.1 Å². The van der Waals surface area contributed by atoms with Gasteiger partial charge in [-0.15, -0.1) is 0 Å². The monoisotopic (exact) mass is 420 g/mol. The molecular formula is C22H16N2O5S. The summed E-state index contributed by atoms with van der Waals surface area (Å²) in [7, 11) is -3.79. The Balaban J connectivity index is 1.55. The summed E-state index contributed by atoms with van der Waals surface area (Å²) in [5.41, 5.74) is 1.88. The van der Waals surface area contributed by atoms with E-state index in [9.17, 15) is 18.0 Å². The van der Waals surface area contributed by atoms with Crippen molar-refractivity contribution >= 4 is 32.6 Å². The van der Waals surface area contributed by atoms with E-state index in [1.54, 1.807) is 42.5 Å². The van der Waals surface area contributed by atoms with Crippen molar-refractivity contribution in [3.05, 3.63) is 94.8 Å². The van der Waals surface area contributed by atoms with E-state index in [4.69, 9.17) is 9.56 Å². The summed E-state index contributed by atoms with van der Waals surface area (Å²) < 4.78 is 27.9. The highest BCUT2D eigenvalue weighted by Crippen LogP contribution is 2.22. The van der Waals surface area contributed by atoms with E-state index in [0.29, 0.717) is 28.0 Å². The summed E-state index contributed by atoms with van der Waals surface area (Å²) in [6.45, 7) is 0. The van der Waals surface area contributed by atoms with Crippen molar-refractivity contribution < 1.29 is 17.6 Å². The summed E-state index contributed by atoms with van der Waals surface area (Å²) in [6.07, 6.45) is 0. The number of rotatable bonds is 4. The fraction of sp³-hybridized carbons (Fsp3) is 0. The number of fused-ring (bicyclic) bond motifs is 1. The lowest BCUT2D eigenvalue weighted by Crippen LogP contribution is -2.14. The van der Waals surface area contributed by atoms with Gasteiger partial charge in [-0.2, -0.15) is 0 Å². The van der Waals surface area contributed by atoms with Crippen molar-refractivity contribution in [3.63, 3.8) is 0 Å². The minimum absolute atomic E-state index is 0.0425. The number of carbonyl (C=O) groups is 1. The second-order valence-corrected chi connectivity index (χ2v) is 8.15. The van der Waals surface area contributed by atoms with Gasteiger partial charge in [0.25, 0.3) is 5.91 Å². The predicted octanol–water partition coefficient (Wildman–Crippen LogP) is 3.36. The number of nitrogens with one attached hydrogen (secondary N) is 1. The Bertz CT molecular complexity index is 1410. The maximum Gasteiger partial charge on any atom is 0.344 e. The molecule has 3 N–H and O–H groups in total. The quantitative estimate of drug-likeness (QED) is 0.491. The zero-order valence-corrected chi connectivity index (χ0v) is 16.3. The number of amides is 1. The summed E-state index contributed by atoms with van der Waals surface area (Å²) in [4.78, 5) is 24.7. The molecule has 0 spiro atoms. The minimum Gasteiger partial charge on any atom is -0.422 e. The average Bonchev–Trinajstić information content (AvgIpc) is 2.73. The van der Waals surface area contributed by atoms with Gasteiger partial charge in [0, 0.05) is 16.6 Å². The highest BCUT2D eigenvalue weighted by Gasteiger charge is 2.11. The molecule has 0 bridgehead atoms. The van der Waals surface area contributed by atoms with E-state index in [-0.39, 0.29) is 10.8 Å². The Hall–Kier alpha value is -3.75. The van der Waals surface area contributed by atoms with Crippen LogP contribution in [0.3, 0.4) is 0 Å². The second-order valence-electron chi connectivity index (χ2n) is 6.59. The van der Waals surface area contributed by atoms with E-state index >= 15 is 0 Å². The zero-order valence-electron chi connectivity index (χ0n) is 15.5. The Labute approximate surface area is 171 Å². The standard InChI is InChI=1S/C22H16N2O5S/c23-30(27,28)18-11-9-17(10-12-18)24-21(25)15-7-5-14(6-8-15)19-13-16-3-1-2-4-20(16)29-22(19)26/h1-13H,(H,24,25)(H2,23,27,28). The highest BCUT2D eigenvalue weighted by atomic mass is 32.2. The molecule has 0 radical (unpaired) electrons. The van der Waals surface area contributed by atoms with Crippen LogP contribution in [0.5, 0.6) is 0 Å². The minimum atomic E-state index is -3.79. The lowest BCUT2D eigenvalue weighted by Gasteiger charge is -2.07. The second kappa shape index (κ2) is 7.58. The van der Waals surface area contributed by atoms with Gasteiger partial charge in [-0.05, 0) is 54.1 Å². The molecule has 4 aromatic rings. The van der Waals surface area contributed by atoms with E-state index in [1.165, 1.54) is 24.3 Å². The maximum atomic E-state index is 12.5. The van der Waals surface area contributed by atoms with Gasteiger partial charge < -0.3 is 9.73 Å². The molecule has 0 aliphatic rings. The molecule has 30 heavy (non-hydrogen) atoms. The van der Waals surface area contributed by atoms with Crippen LogP contribution in [0.25, 0.3) is 22.1 Å². The van der Waals surface area contributed by atoms with Crippen molar-refractivity contribution in [3.8, 4) is 11.1 Å². The third kappa shape index (κ3) is 4.00. The number of hydrogen-bond acceptors (Lipinski definition) is 5. The lowest BCUT2D eigenvalue weighted by atomic mass is 10.0. The molecule has 0 unspecified atom stereocenters. The molecule has 7 nitrogen and oxygen atoms in total. The van der Waals surface area contributed by atoms with Crippen LogP contribution in [0.4, 0.5) is 5.69 Å². The number of anilines is 1. The van der Waals surface area contributed by atoms with Crippen molar-refractivity contribution in [1.82, 2.24) is 0 Å². The smallest absolute Gasteiger partial charge is 0.344 e. The molecule has 8 heteroatoms. The molecule has 0 saturated carbocycles. The first-order valence-corrected chi connectivity index (χ1v) is 10.4. The number of carbonyl (C=O) groups excluding carboxylic acids is 1. The molecular weight excluding hydrogens is 404 g/mol. The van der Waals surface area contributed by atoms with E-state index < -0.39 is 15.6 Å². The summed E-state index contributed by atoms with van der Waals surface area (Å²) >= 11 is 0. The largest absolute Gasteiger partial charge is 0.422 e. The zero-order chi connectivity index (χ0) is 21.3. The molecule has 1 aromatic heterocycles. The Morgan fingerprint density at radius 3 is 2.23 bits per heavy atom. The summed E-state index contributed by atoms with van der Waals surface area (Å²) in [5, 5.41) is 8.54. The van der Waals surface area contributed by atoms with Crippen LogP contribution in [0.15, 0.2) is 93.0 Å². The van der Waals surface area contributed by atoms with Crippen LogP contribution in [0, 0.1) is 0 Å². The normalized spacial score (nSPS) is 11.4. The SMILES string of the molecule is NS(=O)(=O)c1ccc(NC(=O)c2ccc(-c3cc4ccccc4oc3=O)cc2)cc1. The summed E-state index contributed by atoms with van der Waals surface area (Å²) in [6, 6.07) is 21.0. The Kier molecular flexibility index (Phi) is 4.94. The molecule has 0 aliphatic carbocycles. The first-order chi connectivity index (χ1) is 14.3. The molecule has 4 rings (SSSR count). The number of nitrogens with two attached hydrogens (primary N) is 1. The van der Waals surface area contributed by atoms with Crippen LogP contribution >= 0.6 is 0 Å². The van der Waals surface area contributed by atoms with Gasteiger partial charge in [-0.3, -0.25) is 4.79 Å². The fourth-order valence-corrected chi connectivity index (χ4v) is 3.51. The third-order valence-electron chi connectivity index (χ3n) is 4.54. The maximum absolute atomic E-state index is 12.5. The van der Waals surface area contributed by atoms with Crippen LogP contribution < -0.4 is 16.1 Å². The summed E-state index contributed by atoms with van der Waals surface area (Å²) in [5.74, 6) is -0.379. The van der Waals surface area contributed by atoms with Crippen molar-refractivity contribution in [2.24, 2.45) is 5.14 Å². The lowest BCUT2D eigenvalue weighted by molar-refractivity contribution is 0.102. The molecule has 3 aromatic carbocycles. The molecule has 0 saturated heterocycles. The van der Waals surface area contributed by atoms with Gasteiger partial charge in [-0.25, -0.2) is 18.4 Å².